The fraction of sp³-hybridized carbons (Fsp3) is 0.0909. The lowest BCUT2D eigenvalue weighted by molar-refractivity contribution is -0.144. The maximum Gasteiger partial charge on any atom is 0.451 e. The van der Waals surface area contributed by atoms with Crippen LogP contribution in [0.3, 0.4) is 0 Å². The highest BCUT2D eigenvalue weighted by Crippen LogP contribution is 2.29. The number of nitrogens with one attached hydrogen (secondary N) is 2. The van der Waals surface area contributed by atoms with Gasteiger partial charge in [0.1, 0.15) is 11.6 Å². The van der Waals surface area contributed by atoms with Crippen molar-refractivity contribution < 1.29 is 13.2 Å². The van der Waals surface area contributed by atoms with E-state index in [0.717, 1.165) is 3.57 Å². The predicted octanol–water partition coefficient (Wildman–Crippen LogP) is 3.13. The second-order valence-corrected chi connectivity index (χ2v) is 4.99. The van der Waals surface area contributed by atoms with E-state index in [1.165, 1.54) is 6.07 Å². The molecule has 0 aliphatic carbocycles. The molecule has 5 nitrogen and oxygen atoms in total. The summed E-state index contributed by atoms with van der Waals surface area (Å²) < 4.78 is 38.9. The zero-order valence-electron chi connectivity index (χ0n) is 9.87. The molecule has 1 heterocycles. The van der Waals surface area contributed by atoms with Crippen molar-refractivity contribution in [3.8, 4) is 0 Å². The third-order valence-electron chi connectivity index (χ3n) is 2.22. The van der Waals surface area contributed by atoms with Crippen molar-refractivity contribution >= 4 is 39.9 Å². The molecule has 0 spiro atoms. The summed E-state index contributed by atoms with van der Waals surface area (Å²) in [6.45, 7) is 0. The molecule has 1 aromatic carbocycles. The van der Waals surface area contributed by atoms with Crippen LogP contribution in [0.2, 0.25) is 0 Å². The van der Waals surface area contributed by atoms with Gasteiger partial charge in [0.25, 0.3) is 0 Å². The first kappa shape index (κ1) is 14.8. The van der Waals surface area contributed by atoms with Crippen molar-refractivity contribution in [2.24, 2.45) is 5.84 Å². The van der Waals surface area contributed by atoms with Crippen molar-refractivity contribution in [2.75, 3.05) is 10.7 Å². The summed E-state index contributed by atoms with van der Waals surface area (Å²) in [6, 6.07) is 8.41. The van der Waals surface area contributed by atoms with Crippen LogP contribution in [-0.2, 0) is 6.18 Å². The molecule has 2 aromatic rings. The van der Waals surface area contributed by atoms with Gasteiger partial charge in [-0.2, -0.15) is 13.2 Å². The standard InChI is InChI=1S/C11H9F3IN5/c12-11(13,14)10-18-8(5-9(19-10)20-16)17-7-3-1-2-6(15)4-7/h1-5H,16H2,(H2,17,18,19,20). The van der Waals surface area contributed by atoms with E-state index in [0.29, 0.717) is 5.69 Å². The Morgan fingerprint density at radius 1 is 1.10 bits per heavy atom. The minimum Gasteiger partial charge on any atom is -0.340 e. The molecule has 1 aromatic heterocycles. The van der Waals surface area contributed by atoms with E-state index >= 15 is 0 Å². The van der Waals surface area contributed by atoms with Crippen molar-refractivity contribution in [3.05, 3.63) is 39.7 Å². The minimum atomic E-state index is -4.64. The SMILES string of the molecule is NNc1cc(Nc2cccc(I)c2)nc(C(F)(F)F)n1. The number of aromatic nitrogens is 2. The monoisotopic (exact) mass is 395 g/mol. The molecule has 0 saturated carbocycles. The molecule has 9 heteroatoms. The van der Waals surface area contributed by atoms with Gasteiger partial charge in [-0.05, 0) is 40.8 Å². The van der Waals surface area contributed by atoms with Gasteiger partial charge in [0.15, 0.2) is 0 Å². The molecule has 20 heavy (non-hydrogen) atoms. The first-order valence-electron chi connectivity index (χ1n) is 5.34. The first-order valence-corrected chi connectivity index (χ1v) is 6.42. The smallest absolute Gasteiger partial charge is 0.340 e. The second-order valence-electron chi connectivity index (χ2n) is 3.74. The van der Waals surface area contributed by atoms with Gasteiger partial charge >= 0.3 is 6.18 Å². The van der Waals surface area contributed by atoms with E-state index in [-0.39, 0.29) is 11.6 Å². The maximum atomic E-state index is 12.7. The van der Waals surface area contributed by atoms with Crippen LogP contribution in [0.25, 0.3) is 0 Å². The number of anilines is 3. The summed E-state index contributed by atoms with van der Waals surface area (Å²) in [5.41, 5.74) is 2.70. The Kier molecular flexibility index (Phi) is 4.28. The van der Waals surface area contributed by atoms with Crippen molar-refractivity contribution in [3.63, 3.8) is 0 Å². The molecule has 0 amide bonds. The van der Waals surface area contributed by atoms with E-state index in [4.69, 9.17) is 5.84 Å². The van der Waals surface area contributed by atoms with E-state index in [9.17, 15) is 13.2 Å². The number of rotatable bonds is 3. The molecule has 0 atom stereocenters. The summed E-state index contributed by atoms with van der Waals surface area (Å²) in [6.07, 6.45) is -4.64. The van der Waals surface area contributed by atoms with Gasteiger partial charge in [0.2, 0.25) is 5.82 Å². The Morgan fingerprint density at radius 2 is 1.80 bits per heavy atom. The number of alkyl halides is 3. The molecule has 106 valence electrons. The van der Waals surface area contributed by atoms with Gasteiger partial charge in [-0.15, -0.1) is 0 Å². The molecule has 0 aliphatic rings. The van der Waals surface area contributed by atoms with Crippen LogP contribution in [0.5, 0.6) is 0 Å². The van der Waals surface area contributed by atoms with Gasteiger partial charge in [-0.3, -0.25) is 0 Å². The molecule has 0 unspecified atom stereocenters. The highest BCUT2D eigenvalue weighted by Gasteiger charge is 2.35. The number of benzene rings is 1. The summed E-state index contributed by atoms with van der Waals surface area (Å²) in [5, 5.41) is 2.78. The average molecular weight is 395 g/mol. The second kappa shape index (κ2) is 5.79. The van der Waals surface area contributed by atoms with E-state index < -0.39 is 12.0 Å². The van der Waals surface area contributed by atoms with Crippen molar-refractivity contribution in [1.82, 2.24) is 9.97 Å². The van der Waals surface area contributed by atoms with Crippen molar-refractivity contribution in [1.29, 1.82) is 0 Å². The third-order valence-corrected chi connectivity index (χ3v) is 2.90. The molecule has 4 N–H and O–H groups in total. The summed E-state index contributed by atoms with van der Waals surface area (Å²) in [5.74, 6) is 3.73. The fourth-order valence-electron chi connectivity index (χ4n) is 1.43. The molecule has 0 fully saturated rings. The summed E-state index contributed by atoms with van der Waals surface area (Å²) >= 11 is 2.10. The number of halogens is 4. The zero-order valence-corrected chi connectivity index (χ0v) is 12.0. The number of nitrogens with zero attached hydrogens (tertiary/aromatic N) is 2. The minimum absolute atomic E-state index is 0.00211. The van der Waals surface area contributed by atoms with Gasteiger partial charge < -0.3 is 10.7 Å². The van der Waals surface area contributed by atoms with Crippen LogP contribution >= 0.6 is 22.6 Å². The molecule has 0 bridgehead atoms. The number of nitrogens with two attached hydrogens (primary N) is 1. The largest absolute Gasteiger partial charge is 0.451 e. The quantitative estimate of drug-likeness (QED) is 0.423. The molecule has 0 aliphatic heterocycles. The lowest BCUT2D eigenvalue weighted by Gasteiger charge is -2.11. The predicted molar refractivity (Wildman–Crippen MR) is 77.3 cm³/mol. The van der Waals surface area contributed by atoms with Gasteiger partial charge in [-0.1, -0.05) is 6.07 Å². The van der Waals surface area contributed by atoms with Gasteiger partial charge in [0.05, 0.1) is 0 Å². The summed E-state index contributed by atoms with van der Waals surface area (Å²) in [4.78, 5) is 6.70. The van der Waals surface area contributed by atoms with Gasteiger partial charge in [0, 0.05) is 15.3 Å². The summed E-state index contributed by atoms with van der Waals surface area (Å²) in [7, 11) is 0. The van der Waals surface area contributed by atoms with E-state index in [1.807, 2.05) is 6.07 Å². The maximum absolute atomic E-state index is 12.7. The molecule has 0 saturated heterocycles. The molecule has 0 radical (unpaired) electrons. The molecular formula is C11H9F3IN5. The van der Waals surface area contributed by atoms with Crippen LogP contribution in [0.1, 0.15) is 5.82 Å². The lowest BCUT2D eigenvalue weighted by atomic mass is 10.3. The Bertz CT molecular complexity index is 617. The molecule has 2 rings (SSSR count). The zero-order chi connectivity index (χ0) is 14.8. The van der Waals surface area contributed by atoms with Crippen molar-refractivity contribution in [2.45, 2.75) is 6.18 Å². The first-order chi connectivity index (χ1) is 9.38. The van der Waals surface area contributed by atoms with Crippen LogP contribution in [0, 0.1) is 3.57 Å². The fourth-order valence-corrected chi connectivity index (χ4v) is 1.97. The van der Waals surface area contributed by atoms with E-state index in [1.54, 1.807) is 18.2 Å². The lowest BCUT2D eigenvalue weighted by Crippen LogP contribution is -2.16. The molecular weight excluding hydrogens is 386 g/mol. The van der Waals surface area contributed by atoms with Crippen LogP contribution in [-0.4, -0.2) is 9.97 Å². The highest BCUT2D eigenvalue weighted by atomic mass is 127. The topological polar surface area (TPSA) is 75.9 Å². The highest BCUT2D eigenvalue weighted by molar-refractivity contribution is 14.1. The van der Waals surface area contributed by atoms with Crippen LogP contribution in [0.4, 0.5) is 30.5 Å². The Labute approximate surface area is 125 Å². The Morgan fingerprint density at radius 3 is 2.40 bits per heavy atom. The van der Waals surface area contributed by atoms with Crippen LogP contribution < -0.4 is 16.6 Å². The third kappa shape index (κ3) is 3.70. The number of hydrogen-bond acceptors (Lipinski definition) is 5. The van der Waals surface area contributed by atoms with E-state index in [2.05, 4.69) is 43.3 Å². The number of nitrogen functional groups attached to an aromatic ring is 1. The van der Waals surface area contributed by atoms with Gasteiger partial charge in [-0.25, -0.2) is 15.8 Å². The number of hydrazine groups is 1. The average Bonchev–Trinajstić information content (AvgIpc) is 2.37. The normalized spacial score (nSPS) is 11.2. The number of hydrogen-bond donors (Lipinski definition) is 3. The Hall–Kier alpha value is -1.62. The van der Waals surface area contributed by atoms with Crippen LogP contribution in [0.15, 0.2) is 30.3 Å². The Balaban J connectivity index is 2.36.